The number of aliphatic imine (C=N–C) groups is 1. The van der Waals surface area contributed by atoms with Crippen LogP contribution in [0, 0.1) is 23.3 Å². The summed E-state index contributed by atoms with van der Waals surface area (Å²) in [4.78, 5) is 5.69. The maximum atomic E-state index is 9.06. The molecule has 0 saturated heterocycles. The highest BCUT2D eigenvalue weighted by molar-refractivity contribution is 5.96. The van der Waals surface area contributed by atoms with Crippen LogP contribution in [0.15, 0.2) is 83.9 Å². The van der Waals surface area contributed by atoms with Gasteiger partial charge in [0.25, 0.3) is 0 Å². The Morgan fingerprint density at radius 2 is 1.67 bits per heavy atom. The Labute approximate surface area is 176 Å². The number of benzene rings is 3. The molecule has 30 heavy (non-hydrogen) atoms. The lowest BCUT2D eigenvalue weighted by atomic mass is 9.96. The minimum atomic E-state index is -0.119. The molecule has 0 fully saturated rings. The van der Waals surface area contributed by atoms with Gasteiger partial charge in [-0.2, -0.15) is 5.26 Å². The first-order chi connectivity index (χ1) is 14.8. The number of hydrogen-bond donors (Lipinski definition) is 1. The maximum absolute atomic E-state index is 9.06. The fourth-order valence-electron chi connectivity index (χ4n) is 3.55. The van der Waals surface area contributed by atoms with Gasteiger partial charge in [-0.1, -0.05) is 48.2 Å². The molecule has 1 heterocycles. The van der Waals surface area contributed by atoms with Crippen LogP contribution in [-0.2, 0) is 0 Å². The van der Waals surface area contributed by atoms with Crippen molar-refractivity contribution < 1.29 is 4.74 Å². The summed E-state index contributed by atoms with van der Waals surface area (Å²) >= 11 is 0. The third-order valence-corrected chi connectivity index (χ3v) is 4.90. The van der Waals surface area contributed by atoms with Crippen molar-refractivity contribution in [3.05, 3.63) is 95.6 Å². The molecule has 5 nitrogen and oxygen atoms in total. The lowest BCUT2D eigenvalue weighted by Gasteiger charge is -2.36. The fraction of sp³-hybridized carbons (Fsp3) is 0.120. The van der Waals surface area contributed by atoms with Crippen molar-refractivity contribution in [3.63, 3.8) is 0 Å². The number of nitrogens with two attached hydrogens (primary N) is 1. The standard InChI is InChI=1S/C25H20N4O/c26-18-28-25(27)29(21-9-5-2-6-10-21)23-15-16-30-24-14-13-20(17-22(23)24)12-11-19-7-3-1-4-8-19/h1-10,13-14,17,23H,15-16H2,(H2,27,28). The van der Waals surface area contributed by atoms with E-state index in [1.165, 1.54) is 0 Å². The summed E-state index contributed by atoms with van der Waals surface area (Å²) in [6.07, 6.45) is 2.51. The minimum absolute atomic E-state index is 0.119. The molecule has 0 saturated carbocycles. The molecule has 0 aliphatic carbocycles. The molecule has 1 atom stereocenters. The lowest BCUT2D eigenvalue weighted by Crippen LogP contribution is -2.42. The first-order valence-electron chi connectivity index (χ1n) is 9.66. The highest BCUT2D eigenvalue weighted by atomic mass is 16.5. The van der Waals surface area contributed by atoms with Gasteiger partial charge in [0, 0.05) is 28.8 Å². The van der Waals surface area contributed by atoms with E-state index < -0.39 is 0 Å². The van der Waals surface area contributed by atoms with E-state index in [0.717, 1.165) is 28.1 Å². The molecular formula is C25H20N4O. The van der Waals surface area contributed by atoms with Gasteiger partial charge in [0.2, 0.25) is 12.2 Å². The third-order valence-electron chi connectivity index (χ3n) is 4.90. The van der Waals surface area contributed by atoms with Gasteiger partial charge in [-0.15, -0.1) is 4.99 Å². The highest BCUT2D eigenvalue weighted by Crippen LogP contribution is 2.38. The van der Waals surface area contributed by atoms with E-state index >= 15 is 0 Å². The Morgan fingerprint density at radius 1 is 0.967 bits per heavy atom. The summed E-state index contributed by atoms with van der Waals surface area (Å²) in [5, 5.41) is 9.06. The molecule has 3 aromatic rings. The van der Waals surface area contributed by atoms with Crippen LogP contribution in [-0.4, -0.2) is 12.6 Å². The average Bonchev–Trinajstić information content (AvgIpc) is 2.80. The number of hydrogen-bond acceptors (Lipinski definition) is 3. The molecule has 5 heteroatoms. The monoisotopic (exact) mass is 392 g/mol. The molecule has 146 valence electrons. The second-order valence-corrected chi connectivity index (χ2v) is 6.80. The number of guanidine groups is 1. The van der Waals surface area contributed by atoms with Gasteiger partial charge >= 0.3 is 0 Å². The lowest BCUT2D eigenvalue weighted by molar-refractivity contribution is 0.269. The third kappa shape index (κ3) is 4.11. The summed E-state index contributed by atoms with van der Waals surface area (Å²) in [6, 6.07) is 25.4. The van der Waals surface area contributed by atoms with E-state index in [1.807, 2.05) is 83.8 Å². The van der Waals surface area contributed by atoms with Crippen molar-refractivity contribution in [2.24, 2.45) is 10.7 Å². The Morgan fingerprint density at radius 3 is 2.40 bits per heavy atom. The topological polar surface area (TPSA) is 74.6 Å². The second-order valence-electron chi connectivity index (χ2n) is 6.80. The summed E-state index contributed by atoms with van der Waals surface area (Å²) in [7, 11) is 0. The summed E-state index contributed by atoms with van der Waals surface area (Å²) in [5.41, 5.74) is 9.89. The van der Waals surface area contributed by atoms with Crippen LogP contribution in [0.3, 0.4) is 0 Å². The van der Waals surface area contributed by atoms with E-state index in [9.17, 15) is 0 Å². The minimum Gasteiger partial charge on any atom is -0.493 e. The Bertz CT molecular complexity index is 1150. The second kappa shape index (κ2) is 8.86. The van der Waals surface area contributed by atoms with E-state index in [1.54, 1.807) is 6.19 Å². The fourth-order valence-corrected chi connectivity index (χ4v) is 3.55. The molecule has 2 N–H and O–H groups in total. The maximum Gasteiger partial charge on any atom is 0.212 e. The Hall–Kier alpha value is -4.22. The zero-order chi connectivity index (χ0) is 20.8. The van der Waals surface area contributed by atoms with Crippen LogP contribution in [0.5, 0.6) is 5.75 Å². The van der Waals surface area contributed by atoms with Crippen molar-refractivity contribution in [3.8, 4) is 23.8 Å². The van der Waals surface area contributed by atoms with Gasteiger partial charge in [-0.3, -0.25) is 0 Å². The largest absolute Gasteiger partial charge is 0.493 e. The first-order valence-corrected chi connectivity index (χ1v) is 9.66. The number of nitrogens with zero attached hydrogens (tertiary/aromatic N) is 3. The highest BCUT2D eigenvalue weighted by Gasteiger charge is 2.30. The van der Waals surface area contributed by atoms with Crippen LogP contribution in [0.4, 0.5) is 5.69 Å². The van der Waals surface area contributed by atoms with Gasteiger partial charge in [0.15, 0.2) is 0 Å². The molecule has 1 aliphatic heterocycles. The average molecular weight is 392 g/mol. The van der Waals surface area contributed by atoms with Crippen molar-refractivity contribution in [1.82, 2.24) is 0 Å². The van der Waals surface area contributed by atoms with Crippen molar-refractivity contribution >= 4 is 11.6 Å². The number of rotatable bonds is 2. The molecular weight excluding hydrogens is 372 g/mol. The Balaban J connectivity index is 1.75. The summed E-state index contributed by atoms with van der Waals surface area (Å²) in [6.45, 7) is 0.551. The van der Waals surface area contributed by atoms with Gasteiger partial charge in [-0.25, -0.2) is 0 Å². The van der Waals surface area contributed by atoms with Gasteiger partial charge in [0.1, 0.15) is 5.75 Å². The molecule has 4 rings (SSSR count). The quantitative estimate of drug-likeness (QED) is 0.307. The smallest absolute Gasteiger partial charge is 0.212 e. The molecule has 0 radical (unpaired) electrons. The molecule has 0 spiro atoms. The molecule has 0 bridgehead atoms. The number of nitriles is 1. The van der Waals surface area contributed by atoms with E-state index in [0.29, 0.717) is 13.0 Å². The zero-order valence-electron chi connectivity index (χ0n) is 16.3. The van der Waals surface area contributed by atoms with Crippen molar-refractivity contribution in [2.45, 2.75) is 12.5 Å². The number of anilines is 1. The van der Waals surface area contributed by atoms with E-state index in [4.69, 9.17) is 15.7 Å². The van der Waals surface area contributed by atoms with Crippen molar-refractivity contribution in [1.29, 1.82) is 5.26 Å². The first kappa shape index (κ1) is 19.1. The summed E-state index contributed by atoms with van der Waals surface area (Å²) < 4.78 is 5.88. The molecule has 0 aromatic heterocycles. The van der Waals surface area contributed by atoms with E-state index in [2.05, 4.69) is 16.8 Å². The SMILES string of the molecule is N#CN=C(N)N(c1ccccc1)C1CCOc2ccc(C#Cc3ccccc3)cc21. The van der Waals surface area contributed by atoms with Crippen LogP contribution >= 0.6 is 0 Å². The normalized spacial score (nSPS) is 15.0. The predicted octanol–water partition coefficient (Wildman–Crippen LogP) is 4.21. The number of fused-ring (bicyclic) bond motifs is 1. The molecule has 1 unspecified atom stereocenters. The Kier molecular flexibility index (Phi) is 5.64. The molecule has 1 aliphatic rings. The van der Waals surface area contributed by atoms with E-state index in [-0.39, 0.29) is 12.0 Å². The van der Waals surface area contributed by atoms with Crippen LogP contribution in [0.2, 0.25) is 0 Å². The van der Waals surface area contributed by atoms with Gasteiger partial charge in [0.05, 0.1) is 12.6 Å². The summed E-state index contributed by atoms with van der Waals surface area (Å²) in [5.74, 6) is 7.37. The van der Waals surface area contributed by atoms with Crippen LogP contribution in [0.1, 0.15) is 29.2 Å². The molecule has 0 amide bonds. The van der Waals surface area contributed by atoms with Gasteiger partial charge < -0.3 is 15.4 Å². The van der Waals surface area contributed by atoms with Crippen molar-refractivity contribution in [2.75, 3.05) is 11.5 Å². The number of para-hydroxylation sites is 1. The van der Waals surface area contributed by atoms with Crippen LogP contribution in [0.25, 0.3) is 0 Å². The van der Waals surface area contributed by atoms with Crippen LogP contribution < -0.4 is 15.4 Å². The number of ether oxygens (including phenoxy) is 1. The predicted molar refractivity (Wildman–Crippen MR) is 118 cm³/mol. The van der Waals surface area contributed by atoms with Gasteiger partial charge in [-0.05, 0) is 42.5 Å². The molecule has 3 aromatic carbocycles. The zero-order valence-corrected chi connectivity index (χ0v) is 16.3.